The third-order valence-corrected chi connectivity index (χ3v) is 6.24. The van der Waals surface area contributed by atoms with Gasteiger partial charge in [-0.3, -0.25) is 4.79 Å². The zero-order valence-electron chi connectivity index (χ0n) is 13.8. The van der Waals surface area contributed by atoms with Crippen LogP contribution in [0.5, 0.6) is 5.75 Å². The summed E-state index contributed by atoms with van der Waals surface area (Å²) in [6, 6.07) is 11.6. The van der Waals surface area contributed by atoms with Crippen LogP contribution in [-0.2, 0) is 9.84 Å². The van der Waals surface area contributed by atoms with Gasteiger partial charge < -0.3 is 10.4 Å². The van der Waals surface area contributed by atoms with E-state index in [4.69, 9.17) is 0 Å². The Labute approximate surface area is 150 Å². The predicted molar refractivity (Wildman–Crippen MR) is 97.3 cm³/mol. The molecule has 7 nitrogen and oxygen atoms in total. The molecule has 1 aliphatic rings. The van der Waals surface area contributed by atoms with Crippen LogP contribution in [0.15, 0.2) is 48.7 Å². The topological polar surface area (TPSA) is 101 Å². The number of phenolic OH excluding ortho intramolecular Hbond substituents is 1. The average molecular weight is 371 g/mol. The number of sulfone groups is 1. The van der Waals surface area contributed by atoms with Gasteiger partial charge in [-0.1, -0.05) is 6.07 Å². The van der Waals surface area contributed by atoms with E-state index in [1.54, 1.807) is 47.3 Å². The van der Waals surface area contributed by atoms with Crippen molar-refractivity contribution < 1.29 is 18.3 Å². The summed E-state index contributed by atoms with van der Waals surface area (Å²) < 4.78 is 24.8. The molecule has 2 heterocycles. The molecule has 0 radical (unpaired) electrons. The van der Waals surface area contributed by atoms with E-state index in [9.17, 15) is 18.3 Å². The van der Waals surface area contributed by atoms with Crippen LogP contribution in [0.1, 0.15) is 16.8 Å². The van der Waals surface area contributed by atoms with E-state index >= 15 is 0 Å². The predicted octanol–water partition coefficient (Wildman–Crippen LogP) is 1.65. The van der Waals surface area contributed by atoms with Crippen molar-refractivity contribution in [1.82, 2.24) is 15.1 Å². The van der Waals surface area contributed by atoms with Crippen LogP contribution in [0.2, 0.25) is 0 Å². The summed E-state index contributed by atoms with van der Waals surface area (Å²) in [5.74, 6) is -0.0322. The van der Waals surface area contributed by atoms with E-state index in [0.29, 0.717) is 17.7 Å². The number of fused-ring (bicyclic) bond motifs is 1. The molecular formula is C18H17N3O4S. The number of hydrogen-bond donors (Lipinski definition) is 2. The number of carbonyl (C=O) groups excluding carboxylic acids is 1. The zero-order chi connectivity index (χ0) is 18.3. The van der Waals surface area contributed by atoms with Crippen LogP contribution >= 0.6 is 0 Å². The summed E-state index contributed by atoms with van der Waals surface area (Å²) in [5, 5.41) is 17.5. The van der Waals surface area contributed by atoms with Gasteiger partial charge in [0.25, 0.3) is 5.91 Å². The molecule has 1 aromatic heterocycles. The lowest BCUT2D eigenvalue weighted by molar-refractivity contribution is 0.0941. The van der Waals surface area contributed by atoms with Crippen molar-refractivity contribution in [1.29, 1.82) is 0 Å². The summed E-state index contributed by atoms with van der Waals surface area (Å²) in [6.45, 7) is 0. The number of aromatic nitrogens is 2. The number of carbonyl (C=O) groups is 1. The quantitative estimate of drug-likeness (QED) is 0.729. The molecule has 1 fully saturated rings. The van der Waals surface area contributed by atoms with Crippen LogP contribution < -0.4 is 5.32 Å². The highest BCUT2D eigenvalue weighted by Gasteiger charge is 2.29. The molecule has 1 saturated heterocycles. The number of nitrogens with one attached hydrogen (secondary N) is 1. The van der Waals surface area contributed by atoms with Crippen molar-refractivity contribution in [3.8, 4) is 11.4 Å². The molecule has 0 bridgehead atoms. The Morgan fingerprint density at radius 3 is 2.85 bits per heavy atom. The van der Waals surface area contributed by atoms with E-state index in [1.807, 2.05) is 6.07 Å². The second-order valence-electron chi connectivity index (χ2n) is 6.42. The summed E-state index contributed by atoms with van der Waals surface area (Å²) in [5.41, 5.74) is 1.95. The molecule has 26 heavy (non-hydrogen) atoms. The van der Waals surface area contributed by atoms with Gasteiger partial charge in [-0.05, 0) is 42.8 Å². The number of hydrogen-bond acceptors (Lipinski definition) is 5. The van der Waals surface area contributed by atoms with E-state index in [2.05, 4.69) is 10.4 Å². The Hall–Kier alpha value is -2.87. The maximum Gasteiger partial charge on any atom is 0.251 e. The Kier molecular flexibility index (Phi) is 3.91. The Morgan fingerprint density at radius 2 is 2.08 bits per heavy atom. The van der Waals surface area contributed by atoms with Gasteiger partial charge in [0.2, 0.25) is 0 Å². The lowest BCUT2D eigenvalue weighted by atomic mass is 10.1. The van der Waals surface area contributed by atoms with Crippen LogP contribution in [0, 0.1) is 0 Å². The van der Waals surface area contributed by atoms with Gasteiger partial charge in [-0.15, -0.1) is 0 Å². The standard InChI is InChI=1S/C18H17N3O4S/c22-16-4-5-17-13(9-16)10-19-21(17)15-3-1-2-12(8-15)18(23)20-14-6-7-26(24,25)11-14/h1-5,8-10,14,22H,6-7,11H2,(H,20,23). The molecule has 0 spiro atoms. The average Bonchev–Trinajstić information content (AvgIpc) is 3.17. The first-order valence-corrected chi connectivity index (χ1v) is 10.0. The number of rotatable bonds is 3. The first kappa shape index (κ1) is 16.6. The summed E-state index contributed by atoms with van der Waals surface area (Å²) in [4.78, 5) is 12.5. The SMILES string of the molecule is O=C(NC1CCS(=O)(=O)C1)c1cccc(-n2ncc3cc(O)ccc32)c1. The van der Waals surface area contributed by atoms with Crippen LogP contribution in [0.4, 0.5) is 0 Å². The lowest BCUT2D eigenvalue weighted by Gasteiger charge is -2.12. The monoisotopic (exact) mass is 371 g/mol. The maximum atomic E-state index is 12.5. The fourth-order valence-electron chi connectivity index (χ4n) is 3.18. The highest BCUT2D eigenvalue weighted by atomic mass is 32.2. The molecular weight excluding hydrogens is 354 g/mol. The van der Waals surface area contributed by atoms with E-state index in [-0.39, 0.29) is 29.2 Å². The molecule has 0 saturated carbocycles. The maximum absolute atomic E-state index is 12.5. The second-order valence-corrected chi connectivity index (χ2v) is 8.65. The van der Waals surface area contributed by atoms with Gasteiger partial charge in [0.05, 0.1) is 28.9 Å². The number of phenols is 1. The first-order chi connectivity index (χ1) is 12.4. The van der Waals surface area contributed by atoms with Crippen molar-refractivity contribution in [3.05, 3.63) is 54.2 Å². The highest BCUT2D eigenvalue weighted by molar-refractivity contribution is 7.91. The Bertz CT molecular complexity index is 1100. The normalized spacial score (nSPS) is 18.8. The minimum atomic E-state index is -3.04. The molecule has 2 aromatic carbocycles. The molecule has 4 rings (SSSR count). The van der Waals surface area contributed by atoms with Crippen molar-refractivity contribution in [3.63, 3.8) is 0 Å². The van der Waals surface area contributed by atoms with Crippen molar-refractivity contribution in [2.24, 2.45) is 0 Å². The van der Waals surface area contributed by atoms with Crippen LogP contribution in [0.3, 0.4) is 0 Å². The molecule has 134 valence electrons. The van der Waals surface area contributed by atoms with Crippen LogP contribution in [-0.4, -0.2) is 46.8 Å². The number of nitrogens with zero attached hydrogens (tertiary/aromatic N) is 2. The molecule has 2 N–H and O–H groups in total. The number of benzene rings is 2. The van der Waals surface area contributed by atoms with E-state index in [0.717, 1.165) is 10.9 Å². The molecule has 1 aliphatic heterocycles. The highest BCUT2D eigenvalue weighted by Crippen LogP contribution is 2.23. The molecule has 0 aliphatic carbocycles. The van der Waals surface area contributed by atoms with Gasteiger partial charge in [0, 0.05) is 17.0 Å². The van der Waals surface area contributed by atoms with Crippen molar-refractivity contribution >= 4 is 26.6 Å². The summed E-state index contributed by atoms with van der Waals surface area (Å²) in [6.07, 6.45) is 2.09. The molecule has 1 atom stereocenters. The lowest BCUT2D eigenvalue weighted by Crippen LogP contribution is -2.35. The smallest absolute Gasteiger partial charge is 0.251 e. The molecule has 3 aromatic rings. The van der Waals surface area contributed by atoms with Gasteiger partial charge >= 0.3 is 0 Å². The molecule has 1 unspecified atom stereocenters. The largest absolute Gasteiger partial charge is 0.508 e. The van der Waals surface area contributed by atoms with Gasteiger partial charge in [-0.2, -0.15) is 5.10 Å². The fourth-order valence-corrected chi connectivity index (χ4v) is 4.86. The summed E-state index contributed by atoms with van der Waals surface area (Å²) in [7, 11) is -3.04. The first-order valence-electron chi connectivity index (χ1n) is 8.20. The van der Waals surface area contributed by atoms with Crippen LogP contribution in [0.25, 0.3) is 16.6 Å². The van der Waals surface area contributed by atoms with Crippen molar-refractivity contribution in [2.75, 3.05) is 11.5 Å². The van der Waals surface area contributed by atoms with Crippen molar-refractivity contribution in [2.45, 2.75) is 12.5 Å². The minimum Gasteiger partial charge on any atom is -0.508 e. The molecule has 1 amide bonds. The number of amides is 1. The Morgan fingerprint density at radius 1 is 1.23 bits per heavy atom. The summed E-state index contributed by atoms with van der Waals surface area (Å²) >= 11 is 0. The van der Waals surface area contributed by atoms with E-state index in [1.165, 1.54) is 0 Å². The van der Waals surface area contributed by atoms with Gasteiger partial charge in [0.15, 0.2) is 9.84 Å². The third-order valence-electron chi connectivity index (χ3n) is 4.47. The minimum absolute atomic E-state index is 0.00822. The van der Waals surface area contributed by atoms with Gasteiger partial charge in [0.1, 0.15) is 5.75 Å². The fraction of sp³-hybridized carbons (Fsp3) is 0.222. The number of aromatic hydroxyl groups is 1. The molecule has 8 heteroatoms. The third kappa shape index (κ3) is 3.15. The van der Waals surface area contributed by atoms with Gasteiger partial charge in [-0.25, -0.2) is 13.1 Å². The Balaban J connectivity index is 1.61. The zero-order valence-corrected chi connectivity index (χ0v) is 14.6. The van der Waals surface area contributed by atoms with E-state index < -0.39 is 9.84 Å². The second kappa shape index (κ2) is 6.14.